The van der Waals surface area contributed by atoms with E-state index in [-0.39, 0.29) is 11.8 Å². The maximum absolute atomic E-state index is 12.4. The van der Waals surface area contributed by atoms with Crippen LogP contribution in [0.3, 0.4) is 0 Å². The van der Waals surface area contributed by atoms with E-state index in [2.05, 4.69) is 10.8 Å². The number of nitrogens with one attached hydrogen (secondary N) is 1. The van der Waals surface area contributed by atoms with E-state index in [0.29, 0.717) is 6.42 Å². The Bertz CT molecular complexity index is 726. The molecule has 1 atom stereocenters. The average Bonchev–Trinajstić information content (AvgIpc) is 2.54. The molecule has 0 saturated heterocycles. The maximum Gasteiger partial charge on any atom is 0.212 e. The molecule has 1 unspecified atom stereocenters. The zero-order chi connectivity index (χ0) is 15.4. The van der Waals surface area contributed by atoms with Crippen LogP contribution in [0.2, 0.25) is 0 Å². The predicted octanol–water partition coefficient (Wildman–Crippen LogP) is 3.23. The Morgan fingerprint density at radius 3 is 2.55 bits per heavy atom. The molecule has 4 heteroatoms. The molecule has 2 aromatic rings. The summed E-state index contributed by atoms with van der Waals surface area (Å²) < 4.78 is 27.6. The van der Waals surface area contributed by atoms with Gasteiger partial charge in [0.05, 0.1) is 5.75 Å². The SMILES string of the molecule is O=S(=O)(CCc1ccccc1)NC1CCCc2ccccc21. The smallest absolute Gasteiger partial charge is 0.212 e. The molecule has 1 aliphatic rings. The zero-order valence-corrected chi connectivity index (χ0v) is 13.4. The van der Waals surface area contributed by atoms with E-state index in [1.165, 1.54) is 5.56 Å². The molecule has 0 heterocycles. The number of benzene rings is 2. The highest BCUT2D eigenvalue weighted by atomic mass is 32.2. The van der Waals surface area contributed by atoms with Gasteiger partial charge in [-0.2, -0.15) is 0 Å². The fourth-order valence-corrected chi connectivity index (χ4v) is 4.35. The third-order valence-electron chi connectivity index (χ3n) is 4.19. The van der Waals surface area contributed by atoms with Crippen LogP contribution < -0.4 is 4.72 Å². The van der Waals surface area contributed by atoms with Crippen molar-refractivity contribution >= 4 is 10.0 Å². The van der Waals surface area contributed by atoms with Gasteiger partial charge in [0.1, 0.15) is 0 Å². The van der Waals surface area contributed by atoms with Crippen molar-refractivity contribution in [2.75, 3.05) is 5.75 Å². The first kappa shape index (κ1) is 15.3. The fraction of sp³-hybridized carbons (Fsp3) is 0.333. The second-order valence-corrected chi connectivity index (χ2v) is 7.69. The van der Waals surface area contributed by atoms with E-state index < -0.39 is 10.0 Å². The summed E-state index contributed by atoms with van der Waals surface area (Å²) in [4.78, 5) is 0. The molecular weight excluding hydrogens is 294 g/mol. The molecule has 0 bridgehead atoms. The largest absolute Gasteiger partial charge is 0.212 e. The molecule has 2 aromatic carbocycles. The molecule has 0 saturated carbocycles. The summed E-state index contributed by atoms with van der Waals surface area (Å²) in [6.07, 6.45) is 3.49. The van der Waals surface area contributed by atoms with Crippen LogP contribution in [0.15, 0.2) is 54.6 Å². The number of aryl methyl sites for hydroxylation is 2. The quantitative estimate of drug-likeness (QED) is 0.921. The highest BCUT2D eigenvalue weighted by molar-refractivity contribution is 7.89. The van der Waals surface area contributed by atoms with Crippen molar-refractivity contribution in [2.24, 2.45) is 0 Å². The van der Waals surface area contributed by atoms with Gasteiger partial charge in [-0.25, -0.2) is 13.1 Å². The second-order valence-electron chi connectivity index (χ2n) is 5.82. The standard InChI is InChI=1S/C18H21NO2S/c20-22(21,14-13-15-7-2-1-3-8-15)19-18-12-6-10-16-9-4-5-11-17(16)18/h1-5,7-9,11,18-19H,6,10,12-14H2. The van der Waals surface area contributed by atoms with Crippen molar-refractivity contribution in [3.8, 4) is 0 Å². The molecule has 1 aliphatic carbocycles. The molecule has 0 fully saturated rings. The molecule has 0 radical (unpaired) electrons. The average molecular weight is 315 g/mol. The van der Waals surface area contributed by atoms with E-state index in [0.717, 1.165) is 30.4 Å². The van der Waals surface area contributed by atoms with Gasteiger partial charge in [-0.3, -0.25) is 0 Å². The highest BCUT2D eigenvalue weighted by Gasteiger charge is 2.24. The molecule has 116 valence electrons. The lowest BCUT2D eigenvalue weighted by atomic mass is 9.88. The van der Waals surface area contributed by atoms with Gasteiger partial charge >= 0.3 is 0 Å². The van der Waals surface area contributed by atoms with Crippen molar-refractivity contribution in [1.29, 1.82) is 0 Å². The zero-order valence-electron chi connectivity index (χ0n) is 12.5. The summed E-state index contributed by atoms with van der Waals surface area (Å²) in [6, 6.07) is 17.8. The van der Waals surface area contributed by atoms with Crippen molar-refractivity contribution in [3.63, 3.8) is 0 Å². The van der Waals surface area contributed by atoms with Crippen LogP contribution in [-0.2, 0) is 22.9 Å². The maximum atomic E-state index is 12.4. The Labute approximate surface area is 132 Å². The monoisotopic (exact) mass is 315 g/mol. The van der Waals surface area contributed by atoms with E-state index >= 15 is 0 Å². The van der Waals surface area contributed by atoms with Crippen molar-refractivity contribution in [3.05, 3.63) is 71.3 Å². The number of rotatable bonds is 5. The minimum atomic E-state index is -3.27. The van der Waals surface area contributed by atoms with Gasteiger partial charge in [-0.05, 0) is 42.4 Å². The van der Waals surface area contributed by atoms with Crippen LogP contribution in [0, 0.1) is 0 Å². The topological polar surface area (TPSA) is 46.2 Å². The van der Waals surface area contributed by atoms with Crippen LogP contribution in [0.4, 0.5) is 0 Å². The third kappa shape index (κ3) is 3.76. The molecular formula is C18H21NO2S. The predicted molar refractivity (Wildman–Crippen MR) is 89.2 cm³/mol. The number of sulfonamides is 1. The van der Waals surface area contributed by atoms with Gasteiger partial charge in [0.2, 0.25) is 10.0 Å². The Morgan fingerprint density at radius 2 is 1.73 bits per heavy atom. The van der Waals surface area contributed by atoms with Crippen LogP contribution in [0.5, 0.6) is 0 Å². The number of fused-ring (bicyclic) bond motifs is 1. The fourth-order valence-electron chi connectivity index (χ4n) is 3.05. The first-order valence-corrected chi connectivity index (χ1v) is 9.41. The van der Waals surface area contributed by atoms with Gasteiger partial charge in [-0.1, -0.05) is 54.6 Å². The molecule has 0 amide bonds. The molecule has 1 N–H and O–H groups in total. The lowest BCUT2D eigenvalue weighted by Crippen LogP contribution is -2.33. The summed E-state index contributed by atoms with van der Waals surface area (Å²) in [7, 11) is -3.27. The Hall–Kier alpha value is -1.65. The normalized spacial score (nSPS) is 17.9. The van der Waals surface area contributed by atoms with Crippen LogP contribution >= 0.6 is 0 Å². The molecule has 3 rings (SSSR count). The van der Waals surface area contributed by atoms with Crippen molar-refractivity contribution in [2.45, 2.75) is 31.7 Å². The van der Waals surface area contributed by atoms with Gasteiger partial charge in [-0.15, -0.1) is 0 Å². The van der Waals surface area contributed by atoms with Crippen LogP contribution in [0.25, 0.3) is 0 Å². The van der Waals surface area contributed by atoms with E-state index in [1.807, 2.05) is 48.5 Å². The molecule has 22 heavy (non-hydrogen) atoms. The second kappa shape index (κ2) is 6.63. The molecule has 0 aliphatic heterocycles. The minimum absolute atomic E-state index is 0.0780. The summed E-state index contributed by atoms with van der Waals surface area (Å²) >= 11 is 0. The third-order valence-corrected chi connectivity index (χ3v) is 5.58. The first-order valence-electron chi connectivity index (χ1n) is 7.76. The Kier molecular flexibility index (Phi) is 4.60. The van der Waals surface area contributed by atoms with Crippen molar-refractivity contribution < 1.29 is 8.42 Å². The Morgan fingerprint density at radius 1 is 1.00 bits per heavy atom. The van der Waals surface area contributed by atoms with Gasteiger partial charge in [0, 0.05) is 6.04 Å². The molecule has 3 nitrogen and oxygen atoms in total. The van der Waals surface area contributed by atoms with Crippen molar-refractivity contribution in [1.82, 2.24) is 4.72 Å². The molecule has 0 spiro atoms. The lowest BCUT2D eigenvalue weighted by Gasteiger charge is -2.26. The summed E-state index contributed by atoms with van der Waals surface area (Å²) in [6.45, 7) is 0. The van der Waals surface area contributed by atoms with Crippen LogP contribution in [0.1, 0.15) is 35.6 Å². The minimum Gasteiger partial charge on any atom is -0.212 e. The summed E-state index contributed by atoms with van der Waals surface area (Å²) in [5.74, 6) is 0.135. The van der Waals surface area contributed by atoms with E-state index in [9.17, 15) is 8.42 Å². The van der Waals surface area contributed by atoms with Gasteiger partial charge in [0.15, 0.2) is 0 Å². The Balaban J connectivity index is 1.67. The molecule has 0 aromatic heterocycles. The highest BCUT2D eigenvalue weighted by Crippen LogP contribution is 2.29. The van der Waals surface area contributed by atoms with Crippen LogP contribution in [-0.4, -0.2) is 14.2 Å². The van der Waals surface area contributed by atoms with E-state index in [1.54, 1.807) is 0 Å². The lowest BCUT2D eigenvalue weighted by molar-refractivity contribution is 0.507. The number of hydrogen-bond donors (Lipinski definition) is 1. The van der Waals surface area contributed by atoms with Gasteiger partial charge < -0.3 is 0 Å². The van der Waals surface area contributed by atoms with E-state index in [4.69, 9.17) is 0 Å². The first-order chi connectivity index (χ1) is 10.6. The number of hydrogen-bond acceptors (Lipinski definition) is 2. The summed E-state index contributed by atoms with van der Waals surface area (Å²) in [5.41, 5.74) is 3.46. The van der Waals surface area contributed by atoms with Gasteiger partial charge in [0.25, 0.3) is 0 Å². The summed E-state index contributed by atoms with van der Waals surface area (Å²) in [5, 5.41) is 0.